The average Bonchev–Trinajstić information content (AvgIpc) is 2.26. The highest BCUT2D eigenvalue weighted by Gasteiger charge is 2.24. The number of nitrogens with zero attached hydrogens (tertiary/aromatic N) is 1. The lowest BCUT2D eigenvalue weighted by molar-refractivity contribution is -0.141. The van der Waals surface area contributed by atoms with Crippen molar-refractivity contribution in [1.29, 1.82) is 0 Å². The van der Waals surface area contributed by atoms with Gasteiger partial charge in [-0.05, 0) is 12.1 Å². The van der Waals surface area contributed by atoms with E-state index >= 15 is 0 Å². The van der Waals surface area contributed by atoms with E-state index in [2.05, 4.69) is 0 Å². The molecule has 0 heterocycles. The van der Waals surface area contributed by atoms with Gasteiger partial charge in [0.2, 0.25) is 0 Å². The molecule has 0 radical (unpaired) electrons. The molecule has 0 aliphatic carbocycles. The van der Waals surface area contributed by atoms with Crippen LogP contribution in [0.4, 0.5) is 5.69 Å². The number of hydrogen-bond acceptors (Lipinski definition) is 4. The van der Waals surface area contributed by atoms with Crippen LogP contribution in [-0.2, 0) is 9.59 Å². The molecule has 1 aromatic rings. The van der Waals surface area contributed by atoms with Crippen LogP contribution in [0, 0.1) is 0 Å². The smallest absolute Gasteiger partial charge is 0.329 e. The third-order valence-corrected chi connectivity index (χ3v) is 1.92. The van der Waals surface area contributed by atoms with Crippen LogP contribution in [0.1, 0.15) is 6.42 Å². The second kappa shape index (κ2) is 5.11. The molecule has 0 aliphatic rings. The summed E-state index contributed by atoms with van der Waals surface area (Å²) in [6.45, 7) is 0. The Kier molecular flexibility index (Phi) is 3.82. The van der Waals surface area contributed by atoms with Gasteiger partial charge in [0.05, 0.1) is 5.69 Å². The van der Waals surface area contributed by atoms with Crippen molar-refractivity contribution in [3.8, 4) is 0 Å². The number of carboxylic acid groups (broad SMARTS) is 1. The zero-order chi connectivity index (χ0) is 11.3. The summed E-state index contributed by atoms with van der Waals surface area (Å²) in [6.07, 6.45) is 0.200. The summed E-state index contributed by atoms with van der Waals surface area (Å²) in [7, 11) is 0. The second-order valence-electron chi connectivity index (χ2n) is 2.94. The Morgan fingerprint density at radius 3 is 2.47 bits per heavy atom. The van der Waals surface area contributed by atoms with Crippen molar-refractivity contribution in [3.63, 3.8) is 0 Å². The highest BCUT2D eigenvalue weighted by Crippen LogP contribution is 2.15. The van der Waals surface area contributed by atoms with Crippen molar-refractivity contribution in [2.45, 2.75) is 12.5 Å². The first-order chi connectivity index (χ1) is 7.16. The Bertz CT molecular complexity index is 339. The second-order valence-corrected chi connectivity index (χ2v) is 2.94. The number of aliphatic carboxylic acids is 1. The quantitative estimate of drug-likeness (QED) is 0.557. The number of rotatable bonds is 5. The van der Waals surface area contributed by atoms with E-state index in [4.69, 9.17) is 5.11 Å². The Labute approximate surface area is 86.5 Å². The van der Waals surface area contributed by atoms with E-state index in [-0.39, 0.29) is 6.42 Å². The van der Waals surface area contributed by atoms with E-state index < -0.39 is 12.0 Å². The summed E-state index contributed by atoms with van der Waals surface area (Å²) in [5.74, 6) is -1.24. The number of carbonyl (C=O) groups is 2. The highest BCUT2D eigenvalue weighted by molar-refractivity contribution is 5.80. The fraction of sp³-hybridized carbons (Fsp3) is 0.200. The van der Waals surface area contributed by atoms with Gasteiger partial charge in [0, 0.05) is 6.42 Å². The molecule has 80 valence electrons. The van der Waals surface area contributed by atoms with Crippen LogP contribution in [-0.4, -0.2) is 28.6 Å². The molecule has 5 heteroatoms. The molecule has 1 atom stereocenters. The molecule has 0 bridgehead atoms. The molecule has 2 N–H and O–H groups in total. The van der Waals surface area contributed by atoms with Crippen LogP contribution < -0.4 is 5.06 Å². The molecular weight excluding hydrogens is 198 g/mol. The van der Waals surface area contributed by atoms with Gasteiger partial charge >= 0.3 is 5.97 Å². The number of benzene rings is 1. The van der Waals surface area contributed by atoms with Gasteiger partial charge in [-0.15, -0.1) is 0 Å². The van der Waals surface area contributed by atoms with Crippen molar-refractivity contribution < 1.29 is 19.9 Å². The molecule has 5 nitrogen and oxygen atoms in total. The molecular formula is C10H11NO4. The maximum absolute atomic E-state index is 10.7. The van der Waals surface area contributed by atoms with Gasteiger partial charge in [0.1, 0.15) is 6.29 Å². The Hall–Kier alpha value is -1.88. The fourth-order valence-electron chi connectivity index (χ4n) is 1.16. The summed E-state index contributed by atoms with van der Waals surface area (Å²) >= 11 is 0. The lowest BCUT2D eigenvalue weighted by atomic mass is 10.2. The van der Waals surface area contributed by atoms with Crippen molar-refractivity contribution >= 4 is 17.9 Å². The first-order valence-electron chi connectivity index (χ1n) is 4.36. The number of anilines is 1. The SMILES string of the molecule is O=CCC(C(=O)O)N(O)c1ccccc1. The number of hydrogen-bond donors (Lipinski definition) is 2. The van der Waals surface area contributed by atoms with Crippen molar-refractivity contribution in [3.05, 3.63) is 30.3 Å². The summed E-state index contributed by atoms with van der Waals surface area (Å²) in [5, 5.41) is 18.9. The predicted molar refractivity (Wildman–Crippen MR) is 52.8 cm³/mol. The monoisotopic (exact) mass is 209 g/mol. The predicted octanol–water partition coefficient (Wildman–Crippen LogP) is 0.924. The van der Waals surface area contributed by atoms with Crippen LogP contribution in [0.3, 0.4) is 0 Å². The van der Waals surface area contributed by atoms with Gasteiger partial charge in [-0.1, -0.05) is 18.2 Å². The Balaban J connectivity index is 2.85. The third-order valence-electron chi connectivity index (χ3n) is 1.92. The number of carboxylic acids is 1. The minimum atomic E-state index is -1.25. The molecule has 0 amide bonds. The van der Waals surface area contributed by atoms with E-state index in [0.29, 0.717) is 17.0 Å². The topological polar surface area (TPSA) is 77.8 Å². The minimum absolute atomic E-state index is 0.263. The van der Waals surface area contributed by atoms with Crippen LogP contribution in [0.5, 0.6) is 0 Å². The standard InChI is InChI=1S/C10H11NO4/c12-7-6-9(10(13)14)11(15)8-4-2-1-3-5-8/h1-5,7,9,15H,6H2,(H,13,14). The summed E-state index contributed by atoms with van der Waals surface area (Å²) in [5.41, 5.74) is 0.340. The molecule has 0 saturated heterocycles. The van der Waals surface area contributed by atoms with Crippen molar-refractivity contribution in [2.24, 2.45) is 0 Å². The third kappa shape index (κ3) is 2.78. The van der Waals surface area contributed by atoms with Crippen LogP contribution >= 0.6 is 0 Å². The first kappa shape index (κ1) is 11.2. The summed E-state index contributed by atoms with van der Waals surface area (Å²) in [4.78, 5) is 21.0. The van der Waals surface area contributed by atoms with E-state index in [1.807, 2.05) is 0 Å². The zero-order valence-corrected chi connectivity index (χ0v) is 7.91. The van der Waals surface area contributed by atoms with Crippen LogP contribution in [0.25, 0.3) is 0 Å². The molecule has 0 aliphatic heterocycles. The number of para-hydroxylation sites is 1. The van der Waals surface area contributed by atoms with Crippen LogP contribution in [0.2, 0.25) is 0 Å². The summed E-state index contributed by atoms with van der Waals surface area (Å²) < 4.78 is 0. The van der Waals surface area contributed by atoms with E-state index in [9.17, 15) is 14.8 Å². The van der Waals surface area contributed by atoms with Gasteiger partial charge in [-0.25, -0.2) is 9.86 Å². The maximum Gasteiger partial charge on any atom is 0.329 e. The molecule has 0 spiro atoms. The molecule has 0 fully saturated rings. The Morgan fingerprint density at radius 1 is 1.40 bits per heavy atom. The molecule has 1 aromatic carbocycles. The molecule has 0 saturated carbocycles. The Morgan fingerprint density at radius 2 is 2.00 bits per heavy atom. The van der Waals surface area contributed by atoms with Gasteiger partial charge in [0.15, 0.2) is 6.04 Å². The lowest BCUT2D eigenvalue weighted by Gasteiger charge is -2.22. The van der Waals surface area contributed by atoms with E-state index in [0.717, 1.165) is 0 Å². The van der Waals surface area contributed by atoms with Gasteiger partial charge in [0.25, 0.3) is 0 Å². The maximum atomic E-state index is 10.7. The highest BCUT2D eigenvalue weighted by atomic mass is 16.5. The van der Waals surface area contributed by atoms with Gasteiger partial charge in [-0.3, -0.25) is 5.21 Å². The van der Waals surface area contributed by atoms with Crippen molar-refractivity contribution in [2.75, 3.05) is 5.06 Å². The van der Waals surface area contributed by atoms with E-state index in [1.165, 1.54) is 0 Å². The van der Waals surface area contributed by atoms with Gasteiger partial charge < -0.3 is 9.90 Å². The molecule has 1 rings (SSSR count). The summed E-state index contributed by atoms with van der Waals surface area (Å²) in [6, 6.07) is 6.94. The molecule has 15 heavy (non-hydrogen) atoms. The van der Waals surface area contributed by atoms with Gasteiger partial charge in [-0.2, -0.15) is 0 Å². The molecule has 0 aromatic heterocycles. The number of aldehydes is 1. The minimum Gasteiger partial charge on any atom is -0.480 e. The first-order valence-corrected chi connectivity index (χ1v) is 4.36. The normalized spacial score (nSPS) is 11.8. The largest absolute Gasteiger partial charge is 0.480 e. The fourth-order valence-corrected chi connectivity index (χ4v) is 1.16. The zero-order valence-electron chi connectivity index (χ0n) is 7.91. The lowest BCUT2D eigenvalue weighted by Crippen LogP contribution is -2.39. The average molecular weight is 209 g/mol. The van der Waals surface area contributed by atoms with E-state index in [1.54, 1.807) is 30.3 Å². The van der Waals surface area contributed by atoms with Crippen LogP contribution in [0.15, 0.2) is 30.3 Å². The molecule has 1 unspecified atom stereocenters. The van der Waals surface area contributed by atoms with Crippen molar-refractivity contribution in [1.82, 2.24) is 0 Å². The number of carbonyl (C=O) groups excluding carboxylic acids is 1. The number of hydroxylamine groups is 1.